The van der Waals surface area contributed by atoms with E-state index in [0.717, 1.165) is 5.56 Å². The third-order valence-corrected chi connectivity index (χ3v) is 6.48. The van der Waals surface area contributed by atoms with E-state index in [-0.39, 0.29) is 18.3 Å². The molecule has 1 aromatic heterocycles. The van der Waals surface area contributed by atoms with Crippen molar-refractivity contribution in [3.63, 3.8) is 0 Å². The van der Waals surface area contributed by atoms with Gasteiger partial charge in [-0.1, -0.05) is 64.2 Å². The number of carbonyl (C=O) groups is 1. The summed E-state index contributed by atoms with van der Waals surface area (Å²) in [5, 5.41) is 13.1. The van der Waals surface area contributed by atoms with Gasteiger partial charge in [-0.25, -0.2) is 0 Å². The molecule has 1 heterocycles. The van der Waals surface area contributed by atoms with Crippen LogP contribution < -0.4 is 10.1 Å². The molecule has 0 saturated carbocycles. The van der Waals surface area contributed by atoms with Gasteiger partial charge < -0.3 is 14.6 Å². The Balaban J connectivity index is 1.62. The lowest BCUT2D eigenvalue weighted by molar-refractivity contribution is -0.113. The number of carbonyl (C=O) groups excluding carboxylic acids is 1. The maximum Gasteiger partial charge on any atom is 0.234 e. The van der Waals surface area contributed by atoms with E-state index in [0.29, 0.717) is 49.1 Å². The average Bonchev–Trinajstić information content (AvgIpc) is 3.13. The zero-order chi connectivity index (χ0) is 22.5. The summed E-state index contributed by atoms with van der Waals surface area (Å²) in [6, 6.07) is 8.55. The zero-order valence-corrected chi connectivity index (χ0v) is 20.4. The smallest absolute Gasteiger partial charge is 0.234 e. The van der Waals surface area contributed by atoms with Gasteiger partial charge in [-0.2, -0.15) is 0 Å². The molecule has 2 aromatic carbocycles. The Morgan fingerprint density at radius 2 is 1.81 bits per heavy atom. The fourth-order valence-corrected chi connectivity index (χ4v) is 4.24. The molecule has 1 N–H and O–H groups in total. The van der Waals surface area contributed by atoms with Gasteiger partial charge >= 0.3 is 0 Å². The van der Waals surface area contributed by atoms with Crippen molar-refractivity contribution in [1.82, 2.24) is 14.8 Å². The van der Waals surface area contributed by atoms with E-state index in [1.807, 2.05) is 30.5 Å². The van der Waals surface area contributed by atoms with Crippen LogP contribution in [-0.4, -0.2) is 26.4 Å². The molecule has 11 heteroatoms. The van der Waals surface area contributed by atoms with Crippen LogP contribution in [0, 0.1) is 6.92 Å². The van der Waals surface area contributed by atoms with Crippen molar-refractivity contribution < 1.29 is 9.53 Å². The van der Waals surface area contributed by atoms with Crippen LogP contribution in [0.3, 0.4) is 0 Å². The summed E-state index contributed by atoms with van der Waals surface area (Å²) >= 11 is 25.4. The molecule has 0 aliphatic heterocycles. The molecule has 0 atom stereocenters. The van der Waals surface area contributed by atoms with Crippen LogP contribution in [0.1, 0.15) is 18.3 Å². The van der Waals surface area contributed by atoms with Crippen LogP contribution in [0.5, 0.6) is 5.75 Å². The summed E-state index contributed by atoms with van der Waals surface area (Å²) in [7, 11) is 0. The maximum absolute atomic E-state index is 12.4. The number of hydrogen-bond donors (Lipinski definition) is 1. The Morgan fingerprint density at radius 3 is 2.55 bits per heavy atom. The average molecular weight is 520 g/mol. The predicted molar refractivity (Wildman–Crippen MR) is 127 cm³/mol. The molecule has 0 radical (unpaired) electrons. The minimum Gasteiger partial charge on any atom is -0.484 e. The number of benzene rings is 2. The lowest BCUT2D eigenvalue weighted by Gasteiger charge is -2.11. The molecule has 6 nitrogen and oxygen atoms in total. The van der Waals surface area contributed by atoms with Crippen LogP contribution in [0.15, 0.2) is 35.5 Å². The summed E-state index contributed by atoms with van der Waals surface area (Å²) < 4.78 is 7.70. The van der Waals surface area contributed by atoms with Gasteiger partial charge in [0.2, 0.25) is 5.91 Å². The lowest BCUT2D eigenvalue weighted by atomic mass is 10.2. The van der Waals surface area contributed by atoms with Gasteiger partial charge in [0, 0.05) is 6.54 Å². The normalized spacial score (nSPS) is 10.9. The predicted octanol–water partition coefficient (Wildman–Crippen LogP) is 6.53. The second-order valence-electron chi connectivity index (χ2n) is 6.45. The van der Waals surface area contributed by atoms with Gasteiger partial charge in [0.15, 0.2) is 11.0 Å². The molecule has 0 unspecified atom stereocenters. The number of aromatic nitrogens is 3. The number of hydrogen-bond acceptors (Lipinski definition) is 5. The van der Waals surface area contributed by atoms with Crippen molar-refractivity contribution in [2.24, 2.45) is 0 Å². The van der Waals surface area contributed by atoms with Gasteiger partial charge in [-0.15, -0.1) is 10.2 Å². The molecule has 0 bridgehead atoms. The number of aryl methyl sites for hydroxylation is 1. The first kappa shape index (κ1) is 24.0. The number of rotatable bonds is 8. The van der Waals surface area contributed by atoms with Gasteiger partial charge in [-0.05, 0) is 43.7 Å². The Morgan fingerprint density at radius 1 is 1.06 bits per heavy atom. The summed E-state index contributed by atoms with van der Waals surface area (Å²) in [6.07, 6.45) is 0. The first-order valence-corrected chi connectivity index (χ1v) is 11.7. The van der Waals surface area contributed by atoms with Crippen molar-refractivity contribution in [3.05, 3.63) is 61.8 Å². The van der Waals surface area contributed by atoms with Gasteiger partial charge in [0.05, 0.1) is 31.5 Å². The van der Waals surface area contributed by atoms with E-state index in [9.17, 15) is 4.79 Å². The minimum absolute atomic E-state index is 0.110. The van der Waals surface area contributed by atoms with Crippen molar-refractivity contribution in [1.29, 1.82) is 0 Å². The summed E-state index contributed by atoms with van der Waals surface area (Å²) in [4.78, 5) is 12.4. The van der Waals surface area contributed by atoms with E-state index < -0.39 is 0 Å². The highest BCUT2D eigenvalue weighted by Gasteiger charge is 2.15. The number of anilines is 1. The molecule has 3 rings (SSSR count). The highest BCUT2D eigenvalue weighted by molar-refractivity contribution is 7.99. The van der Waals surface area contributed by atoms with Gasteiger partial charge in [0.1, 0.15) is 12.4 Å². The zero-order valence-electron chi connectivity index (χ0n) is 16.6. The minimum atomic E-state index is -0.264. The highest BCUT2D eigenvalue weighted by Crippen LogP contribution is 2.32. The lowest BCUT2D eigenvalue weighted by Crippen LogP contribution is -2.15. The largest absolute Gasteiger partial charge is 0.484 e. The third kappa shape index (κ3) is 6.20. The molecule has 0 aliphatic rings. The summed E-state index contributed by atoms with van der Waals surface area (Å²) in [5.74, 6) is 1.06. The Kier molecular flexibility index (Phi) is 8.36. The quantitative estimate of drug-likeness (QED) is 0.270. The number of thioether (sulfide) groups is 1. The first-order chi connectivity index (χ1) is 14.8. The Bertz CT molecular complexity index is 1110. The van der Waals surface area contributed by atoms with E-state index in [1.54, 1.807) is 6.07 Å². The van der Waals surface area contributed by atoms with E-state index >= 15 is 0 Å². The molecule has 164 valence electrons. The molecular formula is C20H18Cl4N4O2S. The summed E-state index contributed by atoms with van der Waals surface area (Å²) in [6.45, 7) is 4.75. The van der Waals surface area contributed by atoms with E-state index in [1.165, 1.54) is 23.9 Å². The molecule has 3 aromatic rings. The fraction of sp³-hybridized carbons (Fsp3) is 0.250. The van der Waals surface area contributed by atoms with Crippen LogP contribution in [-0.2, 0) is 17.9 Å². The standard InChI is InChI=1S/C20H18Cl4N4O2S/c1-3-28-18(9-30-17-6-11(2)4-5-12(17)21)26-27-20(28)31-10-19(29)25-16-8-14(23)13(22)7-15(16)24/h4-8H,3,9-10H2,1-2H3,(H,25,29). The van der Waals surface area contributed by atoms with Crippen LogP contribution in [0.2, 0.25) is 20.1 Å². The summed E-state index contributed by atoms with van der Waals surface area (Å²) in [5.41, 5.74) is 1.43. The van der Waals surface area contributed by atoms with Crippen molar-refractivity contribution in [2.75, 3.05) is 11.1 Å². The van der Waals surface area contributed by atoms with E-state index in [4.69, 9.17) is 51.1 Å². The fourth-order valence-electron chi connectivity index (χ4n) is 2.65. The second kappa shape index (κ2) is 10.8. The monoisotopic (exact) mass is 518 g/mol. The number of ether oxygens (including phenoxy) is 1. The van der Waals surface area contributed by atoms with Crippen LogP contribution in [0.25, 0.3) is 0 Å². The molecule has 1 amide bonds. The van der Waals surface area contributed by atoms with Crippen molar-refractivity contribution in [2.45, 2.75) is 32.2 Å². The molecule has 0 spiro atoms. The Labute approximate surface area is 204 Å². The SMILES string of the molecule is CCn1c(COc2cc(C)ccc2Cl)nnc1SCC(=O)Nc1cc(Cl)c(Cl)cc1Cl. The number of nitrogens with one attached hydrogen (secondary N) is 1. The third-order valence-electron chi connectivity index (χ3n) is 4.17. The number of nitrogens with zero attached hydrogens (tertiary/aromatic N) is 3. The highest BCUT2D eigenvalue weighted by atomic mass is 35.5. The molecule has 0 saturated heterocycles. The molecular weight excluding hydrogens is 502 g/mol. The Hall–Kier alpha value is -1.64. The molecule has 0 aliphatic carbocycles. The first-order valence-electron chi connectivity index (χ1n) is 9.16. The molecule has 0 fully saturated rings. The number of amides is 1. The van der Waals surface area contributed by atoms with Crippen molar-refractivity contribution >= 4 is 69.8 Å². The maximum atomic E-state index is 12.4. The van der Waals surface area contributed by atoms with Crippen molar-refractivity contribution in [3.8, 4) is 5.75 Å². The van der Waals surface area contributed by atoms with Crippen LogP contribution >= 0.6 is 58.2 Å². The molecule has 31 heavy (non-hydrogen) atoms. The second-order valence-corrected chi connectivity index (χ2v) is 9.02. The van der Waals surface area contributed by atoms with Gasteiger partial charge in [-0.3, -0.25) is 4.79 Å². The van der Waals surface area contributed by atoms with Crippen LogP contribution in [0.4, 0.5) is 5.69 Å². The van der Waals surface area contributed by atoms with Gasteiger partial charge in [0.25, 0.3) is 0 Å². The number of halogens is 4. The van der Waals surface area contributed by atoms with E-state index in [2.05, 4.69) is 15.5 Å². The topological polar surface area (TPSA) is 69.0 Å².